The lowest BCUT2D eigenvalue weighted by atomic mass is 9.86. The molecule has 17 heavy (non-hydrogen) atoms. The van der Waals surface area contributed by atoms with Crippen molar-refractivity contribution in [1.29, 1.82) is 0 Å². The fourth-order valence-electron chi connectivity index (χ4n) is 2.70. The van der Waals surface area contributed by atoms with Gasteiger partial charge in [-0.1, -0.05) is 6.92 Å². The van der Waals surface area contributed by atoms with Crippen molar-refractivity contribution in [2.24, 2.45) is 0 Å². The highest BCUT2D eigenvalue weighted by Gasteiger charge is 2.58. The largest absolute Gasteiger partial charge is 0.376 e. The van der Waals surface area contributed by atoms with Crippen LogP contribution in [0.25, 0.3) is 0 Å². The Morgan fingerprint density at radius 2 is 1.71 bits per heavy atom. The Labute approximate surface area is 102 Å². The SMILES string of the molecule is CCC1(C)OC(O)C2OC(C)(C)OC2C1OC. The summed E-state index contributed by atoms with van der Waals surface area (Å²) in [6.07, 6.45) is -1.28. The molecule has 0 saturated carbocycles. The van der Waals surface area contributed by atoms with Crippen molar-refractivity contribution in [2.45, 2.75) is 70.1 Å². The van der Waals surface area contributed by atoms with Gasteiger partial charge < -0.3 is 24.1 Å². The molecule has 5 unspecified atom stereocenters. The Bertz CT molecular complexity index is 293. The molecule has 0 aliphatic carbocycles. The molecule has 0 aromatic heterocycles. The molecule has 2 heterocycles. The number of fused-ring (bicyclic) bond motifs is 1. The van der Waals surface area contributed by atoms with E-state index >= 15 is 0 Å². The van der Waals surface area contributed by atoms with Crippen LogP contribution in [0.4, 0.5) is 0 Å². The van der Waals surface area contributed by atoms with Gasteiger partial charge in [-0.15, -0.1) is 0 Å². The van der Waals surface area contributed by atoms with Crippen molar-refractivity contribution in [3.8, 4) is 0 Å². The zero-order chi connectivity index (χ0) is 12.8. The minimum absolute atomic E-state index is 0.248. The lowest BCUT2D eigenvalue weighted by Crippen LogP contribution is -2.62. The summed E-state index contributed by atoms with van der Waals surface area (Å²) in [6.45, 7) is 7.58. The van der Waals surface area contributed by atoms with Crippen LogP contribution in [0.15, 0.2) is 0 Å². The Kier molecular flexibility index (Phi) is 3.25. The fourth-order valence-corrected chi connectivity index (χ4v) is 2.70. The van der Waals surface area contributed by atoms with Crippen LogP contribution in [0, 0.1) is 0 Å². The second-order valence-corrected chi connectivity index (χ2v) is 5.40. The van der Waals surface area contributed by atoms with Crippen molar-refractivity contribution in [3.05, 3.63) is 0 Å². The summed E-state index contributed by atoms with van der Waals surface area (Å²) in [7, 11) is 1.63. The Morgan fingerprint density at radius 3 is 2.24 bits per heavy atom. The van der Waals surface area contributed by atoms with Crippen molar-refractivity contribution in [1.82, 2.24) is 0 Å². The van der Waals surface area contributed by atoms with E-state index < -0.39 is 23.8 Å². The van der Waals surface area contributed by atoms with E-state index in [0.29, 0.717) is 0 Å². The van der Waals surface area contributed by atoms with E-state index in [1.165, 1.54) is 0 Å². The highest BCUT2D eigenvalue weighted by molar-refractivity contribution is 5.02. The zero-order valence-corrected chi connectivity index (χ0v) is 11.1. The van der Waals surface area contributed by atoms with Crippen molar-refractivity contribution >= 4 is 0 Å². The molecular formula is C12H22O5. The number of methoxy groups -OCH3 is 1. The molecule has 2 fully saturated rings. The first kappa shape index (κ1) is 13.2. The van der Waals surface area contributed by atoms with E-state index in [2.05, 4.69) is 0 Å². The van der Waals surface area contributed by atoms with Crippen LogP contribution in [-0.4, -0.2) is 48.2 Å². The van der Waals surface area contributed by atoms with E-state index in [-0.39, 0.29) is 12.2 Å². The molecule has 2 aliphatic rings. The van der Waals surface area contributed by atoms with Crippen molar-refractivity contribution < 1.29 is 24.1 Å². The third kappa shape index (κ3) is 2.11. The van der Waals surface area contributed by atoms with Gasteiger partial charge in [0.1, 0.15) is 18.3 Å². The van der Waals surface area contributed by atoms with E-state index in [1.54, 1.807) is 7.11 Å². The standard InChI is InChI=1S/C12H22O5/c1-6-12(4)9(14-5)7-8(10(13)17-12)16-11(2,3)15-7/h7-10,13H,6H2,1-5H3. The fraction of sp³-hybridized carbons (Fsp3) is 1.00. The molecule has 2 aliphatic heterocycles. The zero-order valence-electron chi connectivity index (χ0n) is 11.1. The maximum Gasteiger partial charge on any atom is 0.184 e. The smallest absolute Gasteiger partial charge is 0.184 e. The van der Waals surface area contributed by atoms with Gasteiger partial charge in [0.05, 0.1) is 5.60 Å². The van der Waals surface area contributed by atoms with Crippen molar-refractivity contribution in [3.63, 3.8) is 0 Å². The number of aliphatic hydroxyl groups is 1. The molecule has 2 saturated heterocycles. The minimum Gasteiger partial charge on any atom is -0.376 e. The first-order chi connectivity index (χ1) is 7.83. The number of rotatable bonds is 2. The Hall–Kier alpha value is -0.200. The van der Waals surface area contributed by atoms with Crippen LogP contribution in [0.2, 0.25) is 0 Å². The van der Waals surface area contributed by atoms with E-state index in [0.717, 1.165) is 6.42 Å². The van der Waals surface area contributed by atoms with E-state index in [9.17, 15) is 5.11 Å². The van der Waals surface area contributed by atoms with Gasteiger partial charge in [0.25, 0.3) is 0 Å². The number of aliphatic hydroxyl groups excluding tert-OH is 1. The summed E-state index contributed by atoms with van der Waals surface area (Å²) >= 11 is 0. The van der Waals surface area contributed by atoms with Gasteiger partial charge >= 0.3 is 0 Å². The topological polar surface area (TPSA) is 57.2 Å². The molecule has 5 heteroatoms. The molecule has 2 rings (SSSR count). The second kappa shape index (κ2) is 4.17. The summed E-state index contributed by atoms with van der Waals surface area (Å²) in [6, 6.07) is 0. The lowest BCUT2D eigenvalue weighted by Gasteiger charge is -2.46. The molecule has 0 amide bonds. The summed E-state index contributed by atoms with van der Waals surface area (Å²) in [5, 5.41) is 10.0. The normalized spacial score (nSPS) is 49.1. The molecule has 0 spiro atoms. The summed E-state index contributed by atoms with van der Waals surface area (Å²) in [4.78, 5) is 0. The van der Waals surface area contributed by atoms with E-state index in [1.807, 2.05) is 27.7 Å². The molecule has 0 aromatic rings. The molecule has 0 radical (unpaired) electrons. The minimum atomic E-state index is -0.974. The summed E-state index contributed by atoms with van der Waals surface area (Å²) in [5.41, 5.74) is -0.556. The molecule has 5 atom stereocenters. The third-order valence-electron chi connectivity index (χ3n) is 3.69. The molecule has 0 aromatic carbocycles. The maximum atomic E-state index is 10.0. The first-order valence-corrected chi connectivity index (χ1v) is 6.07. The number of ether oxygens (including phenoxy) is 4. The van der Waals surface area contributed by atoms with Gasteiger partial charge in [0, 0.05) is 7.11 Å². The predicted octanol–water partition coefficient (Wildman–Crippen LogP) is 1.04. The van der Waals surface area contributed by atoms with Crippen LogP contribution in [-0.2, 0) is 18.9 Å². The summed E-state index contributed by atoms with van der Waals surface area (Å²) in [5.74, 6) is -0.713. The molecular weight excluding hydrogens is 224 g/mol. The van der Waals surface area contributed by atoms with Gasteiger partial charge in [0.2, 0.25) is 0 Å². The second-order valence-electron chi connectivity index (χ2n) is 5.40. The van der Waals surface area contributed by atoms with Crippen LogP contribution in [0.1, 0.15) is 34.1 Å². The van der Waals surface area contributed by atoms with Gasteiger partial charge in [-0.2, -0.15) is 0 Å². The average Bonchev–Trinajstić information content (AvgIpc) is 2.55. The van der Waals surface area contributed by atoms with Gasteiger partial charge in [0.15, 0.2) is 12.1 Å². The maximum absolute atomic E-state index is 10.0. The first-order valence-electron chi connectivity index (χ1n) is 6.07. The number of hydrogen-bond donors (Lipinski definition) is 1. The highest BCUT2D eigenvalue weighted by atomic mass is 16.8. The van der Waals surface area contributed by atoms with Gasteiger partial charge in [-0.25, -0.2) is 0 Å². The number of hydrogen-bond acceptors (Lipinski definition) is 5. The molecule has 100 valence electrons. The van der Waals surface area contributed by atoms with Gasteiger partial charge in [-0.3, -0.25) is 0 Å². The average molecular weight is 246 g/mol. The van der Waals surface area contributed by atoms with Crippen LogP contribution in [0.3, 0.4) is 0 Å². The monoisotopic (exact) mass is 246 g/mol. The van der Waals surface area contributed by atoms with E-state index in [4.69, 9.17) is 18.9 Å². The quantitative estimate of drug-likeness (QED) is 0.789. The lowest BCUT2D eigenvalue weighted by molar-refractivity contribution is -0.298. The Balaban J connectivity index is 2.28. The molecule has 5 nitrogen and oxygen atoms in total. The highest BCUT2D eigenvalue weighted by Crippen LogP contribution is 2.42. The van der Waals surface area contributed by atoms with Gasteiger partial charge in [-0.05, 0) is 27.2 Å². The predicted molar refractivity (Wildman–Crippen MR) is 60.4 cm³/mol. The summed E-state index contributed by atoms with van der Waals surface area (Å²) < 4.78 is 22.7. The molecule has 0 bridgehead atoms. The van der Waals surface area contributed by atoms with Crippen LogP contribution in [0.5, 0.6) is 0 Å². The van der Waals surface area contributed by atoms with Crippen molar-refractivity contribution in [2.75, 3.05) is 7.11 Å². The Morgan fingerprint density at radius 1 is 1.12 bits per heavy atom. The van der Waals surface area contributed by atoms with Crippen LogP contribution >= 0.6 is 0 Å². The molecule has 1 N–H and O–H groups in total. The van der Waals surface area contributed by atoms with Crippen LogP contribution < -0.4 is 0 Å². The third-order valence-corrected chi connectivity index (χ3v) is 3.69.